The van der Waals surface area contributed by atoms with Crippen LogP contribution in [0.4, 0.5) is 0 Å². The smallest absolute Gasteiger partial charge is 0 e. The first-order valence-corrected chi connectivity index (χ1v) is 21.7. The molecule has 0 radical (unpaired) electrons. The normalized spacial score (nSPS) is 11.1. The van der Waals surface area contributed by atoms with E-state index in [0.717, 1.165) is 0 Å². The molecule has 0 saturated carbocycles. The second-order valence-corrected chi connectivity index (χ2v) is 19.8. The second-order valence-electron chi connectivity index (χ2n) is 15.4. The van der Waals surface area contributed by atoms with Gasteiger partial charge in [0.1, 0.15) is 0 Å². The first-order valence-electron chi connectivity index (χ1n) is 19.0. The molecule has 0 aliphatic heterocycles. The molecule has 0 amide bonds. The van der Waals surface area contributed by atoms with E-state index in [1.54, 1.807) is 0 Å². The van der Waals surface area contributed by atoms with Gasteiger partial charge in [-0.3, -0.25) is 0 Å². The van der Waals surface area contributed by atoms with Crippen molar-refractivity contribution in [3.05, 3.63) is 190 Å². The Bertz CT molecular complexity index is 2360. The molecule has 2 nitrogen and oxygen atoms in total. The summed E-state index contributed by atoms with van der Waals surface area (Å²) in [6, 6.07) is 56.6. The van der Waals surface area contributed by atoms with Crippen LogP contribution >= 0.6 is 15.8 Å². The van der Waals surface area contributed by atoms with Gasteiger partial charge in [0.05, 0.1) is 0 Å². The molecule has 0 bridgehead atoms. The van der Waals surface area contributed by atoms with Gasteiger partial charge in [-0.25, -0.2) is 0 Å². The Morgan fingerprint density at radius 1 is 0.298 bits per heavy atom. The van der Waals surface area contributed by atoms with Gasteiger partial charge in [0.15, 0.2) is 0 Å². The van der Waals surface area contributed by atoms with E-state index in [9.17, 15) is 0 Å². The van der Waals surface area contributed by atoms with Gasteiger partial charge >= 0.3 is 0 Å². The minimum absolute atomic E-state index is 0. The predicted molar refractivity (Wildman–Crippen MR) is 249 cm³/mol. The molecule has 0 aliphatic rings. The first kappa shape index (κ1) is 43.8. The summed E-state index contributed by atoms with van der Waals surface area (Å²) in [6.07, 6.45) is 0. The summed E-state index contributed by atoms with van der Waals surface area (Å²) in [4.78, 5) is 0. The van der Waals surface area contributed by atoms with Gasteiger partial charge in [-0.15, -0.1) is 0 Å². The van der Waals surface area contributed by atoms with Gasteiger partial charge in [0.25, 0.3) is 0 Å². The molecule has 0 aromatic heterocycles. The van der Waals surface area contributed by atoms with Crippen molar-refractivity contribution in [1.82, 2.24) is 0 Å². The maximum absolute atomic E-state index is 2.47. The van der Waals surface area contributed by atoms with Crippen LogP contribution in [0.5, 0.6) is 0 Å². The summed E-state index contributed by atoms with van der Waals surface area (Å²) < 4.78 is 0. The predicted octanol–water partition coefficient (Wildman–Crippen LogP) is 9.99. The Morgan fingerprint density at radius 2 is 0.544 bits per heavy atom. The molecule has 8 rings (SSSR count). The second kappa shape index (κ2) is 18.1. The van der Waals surface area contributed by atoms with Crippen LogP contribution < -0.4 is 31.8 Å². The van der Waals surface area contributed by atoms with E-state index in [-0.39, 0.29) is 31.4 Å². The summed E-state index contributed by atoms with van der Waals surface area (Å²) in [5.41, 5.74) is 13.2. The van der Waals surface area contributed by atoms with Crippen molar-refractivity contribution in [2.24, 2.45) is 0 Å². The molecule has 4 N–H and O–H groups in total. The Morgan fingerprint density at radius 3 is 0.807 bits per heavy atom. The van der Waals surface area contributed by atoms with Crippen molar-refractivity contribution in [2.75, 3.05) is 0 Å². The SMILES string of the molecule is Cc1cc(C)cc(P(c2cc(C)cc(C)c2)c2ccc3ccccc3c2-c2c(P(c3cc(C)cc(C)c3)c3cc(C)cc(C)c3)ccc3ccccc23)c1.O.O.[Pd]. The molecule has 0 unspecified atom stereocenters. The van der Waals surface area contributed by atoms with Crippen LogP contribution in [0.15, 0.2) is 146 Å². The summed E-state index contributed by atoms with van der Waals surface area (Å²) in [5.74, 6) is 0. The van der Waals surface area contributed by atoms with E-state index in [4.69, 9.17) is 0 Å². The zero-order valence-corrected chi connectivity index (χ0v) is 37.4. The molecule has 0 atom stereocenters. The summed E-state index contributed by atoms with van der Waals surface area (Å²) in [5, 5.41) is 13.6. The standard InChI is InChI=1S/C52H48P2.2H2O.Pd/c1-33-21-34(2)26-43(25-33)53(44-27-35(3)22-36(4)28-44)49-19-17-41-13-9-11-15-47(41)51(49)52-48-16-12-10-14-42(48)18-20-50(52)54(45-29-37(5)23-38(6)30-45)46-31-39(7)24-40(8)32-46;;;/h9-32H,1-8H3;2*1H2;. The fourth-order valence-electron chi connectivity index (χ4n) is 8.59. The molecule has 0 spiro atoms. The number of hydrogen-bond donors (Lipinski definition) is 0. The topological polar surface area (TPSA) is 63.0 Å². The van der Waals surface area contributed by atoms with Gasteiger partial charge in [-0.1, -0.05) is 190 Å². The van der Waals surface area contributed by atoms with E-state index in [2.05, 4.69) is 201 Å². The number of hydrogen-bond acceptors (Lipinski definition) is 0. The molecule has 292 valence electrons. The fourth-order valence-corrected chi connectivity index (χ4v) is 14.3. The third kappa shape index (κ3) is 8.92. The van der Waals surface area contributed by atoms with Crippen LogP contribution in [-0.2, 0) is 20.4 Å². The maximum atomic E-state index is 2.47. The Hall–Kier alpha value is -4.28. The maximum Gasteiger partial charge on any atom is 0 e. The van der Waals surface area contributed by atoms with Crippen LogP contribution in [0.2, 0.25) is 0 Å². The zero-order chi connectivity index (χ0) is 37.7. The average molecular weight is 877 g/mol. The van der Waals surface area contributed by atoms with E-state index in [1.807, 2.05) is 0 Å². The van der Waals surface area contributed by atoms with Crippen LogP contribution in [0.25, 0.3) is 32.7 Å². The molecule has 57 heavy (non-hydrogen) atoms. The van der Waals surface area contributed by atoms with Crippen molar-refractivity contribution >= 4 is 69.2 Å². The third-order valence-electron chi connectivity index (χ3n) is 10.4. The van der Waals surface area contributed by atoms with Gasteiger partial charge in [0, 0.05) is 20.4 Å². The average Bonchev–Trinajstić information content (AvgIpc) is 3.10. The summed E-state index contributed by atoms with van der Waals surface area (Å²) >= 11 is 0. The Labute approximate surface area is 355 Å². The molecule has 0 heterocycles. The van der Waals surface area contributed by atoms with E-state index < -0.39 is 15.8 Å². The summed E-state index contributed by atoms with van der Waals surface area (Å²) in [7, 11) is -1.87. The molecule has 0 aliphatic carbocycles. The molecule has 8 aromatic rings. The van der Waals surface area contributed by atoms with E-state index in [0.29, 0.717) is 0 Å². The molecule has 8 aromatic carbocycles. The van der Waals surface area contributed by atoms with E-state index in [1.165, 1.54) is 109 Å². The van der Waals surface area contributed by atoms with Crippen LogP contribution in [0.3, 0.4) is 0 Å². The van der Waals surface area contributed by atoms with Gasteiger partial charge in [-0.2, -0.15) is 0 Å². The molecule has 0 saturated heterocycles. The van der Waals surface area contributed by atoms with Gasteiger partial charge < -0.3 is 11.0 Å². The largest absolute Gasteiger partial charge is 0.412 e. The molecule has 0 fully saturated rings. The number of fused-ring (bicyclic) bond motifs is 2. The van der Waals surface area contributed by atoms with Crippen LogP contribution in [-0.4, -0.2) is 11.0 Å². The number of rotatable bonds is 7. The minimum atomic E-state index is -0.937. The zero-order valence-electron chi connectivity index (χ0n) is 34.1. The van der Waals surface area contributed by atoms with Crippen molar-refractivity contribution in [1.29, 1.82) is 0 Å². The van der Waals surface area contributed by atoms with Gasteiger partial charge in [0.2, 0.25) is 0 Å². The minimum Gasteiger partial charge on any atom is -0.412 e. The Balaban J connectivity index is 0.00000207. The number of benzene rings is 8. The molecular formula is C52H52O2P2Pd. The monoisotopic (exact) mass is 876 g/mol. The van der Waals surface area contributed by atoms with Crippen molar-refractivity contribution in [3.63, 3.8) is 0 Å². The van der Waals surface area contributed by atoms with Crippen molar-refractivity contribution in [2.45, 2.75) is 55.4 Å². The molecular weight excluding hydrogens is 825 g/mol. The van der Waals surface area contributed by atoms with Gasteiger partial charge in [-0.05, 0) is 136 Å². The van der Waals surface area contributed by atoms with Crippen LogP contribution in [0.1, 0.15) is 44.5 Å². The van der Waals surface area contributed by atoms with Crippen molar-refractivity contribution in [3.8, 4) is 11.1 Å². The summed E-state index contributed by atoms with van der Waals surface area (Å²) in [6.45, 7) is 18.0. The molecule has 5 heteroatoms. The van der Waals surface area contributed by atoms with Crippen molar-refractivity contribution < 1.29 is 31.4 Å². The van der Waals surface area contributed by atoms with Crippen LogP contribution in [0, 0.1) is 55.4 Å². The fraction of sp³-hybridized carbons (Fsp3) is 0.154. The third-order valence-corrected chi connectivity index (χ3v) is 15.2. The van der Waals surface area contributed by atoms with E-state index >= 15 is 0 Å². The first-order chi connectivity index (χ1) is 26.0. The Kier molecular flexibility index (Phi) is 13.9. The number of aryl methyl sites for hydroxylation is 8. The quantitative estimate of drug-likeness (QED) is 0.113.